The van der Waals surface area contributed by atoms with Crippen molar-refractivity contribution in [3.05, 3.63) is 12.7 Å². The third-order valence-electron chi connectivity index (χ3n) is 5.45. The number of nitrogens with zero attached hydrogens (tertiary/aromatic N) is 6. The molecule has 1 N–H and O–H groups in total. The second kappa shape index (κ2) is 9.80. The smallest absolute Gasteiger partial charge is 0.165 e. The maximum Gasteiger partial charge on any atom is 0.165 e. The van der Waals surface area contributed by atoms with Crippen LogP contribution in [0.15, 0.2) is 12.7 Å². The summed E-state index contributed by atoms with van der Waals surface area (Å²) in [6.07, 6.45) is 5.79. The molecule has 1 fully saturated rings. The average Bonchev–Trinajstić information content (AvgIpc) is 3.36. The SMILES string of the molecule is CC(C)CCN(CCC#N)c1ncnc2c1ncn2CC(CO)C1CCOC1. The van der Waals surface area contributed by atoms with Crippen molar-refractivity contribution < 1.29 is 9.84 Å². The Labute approximate surface area is 166 Å². The number of fused-ring (bicyclic) bond motifs is 1. The van der Waals surface area contributed by atoms with E-state index in [4.69, 9.17) is 10.00 Å². The Morgan fingerprint density at radius 3 is 2.89 bits per heavy atom. The molecule has 8 heteroatoms. The van der Waals surface area contributed by atoms with Crippen LogP contribution in [-0.2, 0) is 11.3 Å². The van der Waals surface area contributed by atoms with Gasteiger partial charge in [0.05, 0.1) is 18.8 Å². The molecule has 3 rings (SSSR count). The molecule has 2 aromatic rings. The van der Waals surface area contributed by atoms with Gasteiger partial charge in [-0.05, 0) is 24.7 Å². The first-order valence-electron chi connectivity index (χ1n) is 10.1. The molecule has 0 aromatic carbocycles. The van der Waals surface area contributed by atoms with Gasteiger partial charge >= 0.3 is 0 Å². The minimum absolute atomic E-state index is 0.119. The molecule has 2 unspecified atom stereocenters. The van der Waals surface area contributed by atoms with Crippen molar-refractivity contribution in [3.63, 3.8) is 0 Å². The molecular weight excluding hydrogens is 356 g/mol. The molecule has 3 heterocycles. The van der Waals surface area contributed by atoms with Gasteiger partial charge in [-0.1, -0.05) is 13.8 Å². The van der Waals surface area contributed by atoms with Crippen molar-refractivity contribution in [3.8, 4) is 6.07 Å². The first kappa shape index (κ1) is 20.5. The number of rotatable bonds is 10. The molecule has 1 aliphatic rings. The molecule has 8 nitrogen and oxygen atoms in total. The highest BCUT2D eigenvalue weighted by atomic mass is 16.5. The molecule has 28 heavy (non-hydrogen) atoms. The van der Waals surface area contributed by atoms with Crippen LogP contribution in [0.3, 0.4) is 0 Å². The fraction of sp³-hybridized carbons (Fsp3) is 0.700. The maximum absolute atomic E-state index is 9.86. The molecule has 2 atom stereocenters. The summed E-state index contributed by atoms with van der Waals surface area (Å²) in [5.41, 5.74) is 1.53. The molecule has 0 amide bonds. The van der Waals surface area contributed by atoms with Crippen LogP contribution >= 0.6 is 0 Å². The summed E-state index contributed by atoms with van der Waals surface area (Å²) >= 11 is 0. The number of nitriles is 1. The second-order valence-corrected chi connectivity index (χ2v) is 7.91. The number of aromatic nitrogens is 4. The molecule has 0 aliphatic carbocycles. The van der Waals surface area contributed by atoms with E-state index in [-0.39, 0.29) is 12.5 Å². The number of aliphatic hydroxyl groups excluding tert-OH is 1. The minimum Gasteiger partial charge on any atom is -0.396 e. The Balaban J connectivity index is 1.85. The predicted molar refractivity (Wildman–Crippen MR) is 107 cm³/mol. The molecule has 0 spiro atoms. The van der Waals surface area contributed by atoms with Crippen molar-refractivity contribution in [2.24, 2.45) is 17.8 Å². The molecule has 152 valence electrons. The molecular formula is C20H30N6O2. The first-order chi connectivity index (χ1) is 13.6. The van der Waals surface area contributed by atoms with Gasteiger partial charge in [-0.3, -0.25) is 0 Å². The van der Waals surface area contributed by atoms with Gasteiger partial charge in [0.25, 0.3) is 0 Å². The van der Waals surface area contributed by atoms with Gasteiger partial charge in [-0.15, -0.1) is 0 Å². The highest BCUT2D eigenvalue weighted by Crippen LogP contribution is 2.27. The van der Waals surface area contributed by atoms with Crippen molar-refractivity contribution in [1.82, 2.24) is 19.5 Å². The Kier molecular flexibility index (Phi) is 7.18. The Bertz CT molecular complexity index is 794. The lowest BCUT2D eigenvalue weighted by molar-refractivity contribution is 0.130. The summed E-state index contributed by atoms with van der Waals surface area (Å²) in [5, 5.41) is 18.9. The Hall–Kier alpha value is -2.24. The highest BCUT2D eigenvalue weighted by Gasteiger charge is 2.26. The third-order valence-corrected chi connectivity index (χ3v) is 5.45. The summed E-state index contributed by atoms with van der Waals surface area (Å²) in [5.74, 6) is 1.83. The predicted octanol–water partition coefficient (Wildman–Crippen LogP) is 2.24. The lowest BCUT2D eigenvalue weighted by Crippen LogP contribution is -2.28. The maximum atomic E-state index is 9.86. The van der Waals surface area contributed by atoms with Crippen LogP contribution in [0.1, 0.15) is 33.1 Å². The van der Waals surface area contributed by atoms with Crippen LogP contribution in [0.4, 0.5) is 5.82 Å². The van der Waals surface area contributed by atoms with Gasteiger partial charge in [-0.2, -0.15) is 5.26 Å². The van der Waals surface area contributed by atoms with Crippen LogP contribution in [0.25, 0.3) is 11.2 Å². The van der Waals surface area contributed by atoms with E-state index in [1.54, 1.807) is 12.7 Å². The fourth-order valence-corrected chi connectivity index (χ4v) is 3.69. The van der Waals surface area contributed by atoms with E-state index in [2.05, 4.69) is 39.8 Å². The number of aliphatic hydroxyl groups is 1. The van der Waals surface area contributed by atoms with E-state index in [0.29, 0.717) is 38.0 Å². The van der Waals surface area contributed by atoms with Crippen LogP contribution < -0.4 is 4.90 Å². The summed E-state index contributed by atoms with van der Waals surface area (Å²) in [7, 11) is 0. The van der Waals surface area contributed by atoms with Crippen molar-refractivity contribution in [2.75, 3.05) is 37.8 Å². The van der Waals surface area contributed by atoms with Gasteiger partial charge in [0.2, 0.25) is 0 Å². The normalized spacial score (nSPS) is 17.9. The Morgan fingerprint density at radius 2 is 2.21 bits per heavy atom. The molecule has 0 saturated carbocycles. The number of ether oxygens (including phenoxy) is 1. The van der Waals surface area contributed by atoms with E-state index >= 15 is 0 Å². The fourth-order valence-electron chi connectivity index (χ4n) is 3.69. The topological polar surface area (TPSA) is 100 Å². The number of imidazole rings is 1. The number of hydrogen-bond acceptors (Lipinski definition) is 7. The van der Waals surface area contributed by atoms with E-state index in [0.717, 1.165) is 43.0 Å². The van der Waals surface area contributed by atoms with Gasteiger partial charge in [0.1, 0.15) is 6.33 Å². The second-order valence-electron chi connectivity index (χ2n) is 7.91. The zero-order valence-corrected chi connectivity index (χ0v) is 16.8. The molecule has 0 radical (unpaired) electrons. The van der Waals surface area contributed by atoms with E-state index in [1.165, 1.54) is 0 Å². The highest BCUT2D eigenvalue weighted by molar-refractivity contribution is 5.83. The van der Waals surface area contributed by atoms with Crippen molar-refractivity contribution in [1.29, 1.82) is 5.26 Å². The first-order valence-corrected chi connectivity index (χ1v) is 10.1. The summed E-state index contributed by atoms with van der Waals surface area (Å²) in [6, 6.07) is 2.22. The average molecular weight is 387 g/mol. The Morgan fingerprint density at radius 1 is 1.36 bits per heavy atom. The van der Waals surface area contributed by atoms with Gasteiger partial charge in [-0.25, -0.2) is 15.0 Å². The van der Waals surface area contributed by atoms with Gasteiger partial charge < -0.3 is 19.3 Å². The molecule has 1 saturated heterocycles. The number of hydrogen-bond donors (Lipinski definition) is 1. The minimum atomic E-state index is 0.119. The van der Waals surface area contributed by atoms with E-state index < -0.39 is 0 Å². The van der Waals surface area contributed by atoms with Crippen molar-refractivity contribution in [2.45, 2.75) is 39.7 Å². The van der Waals surface area contributed by atoms with Gasteiger partial charge in [0, 0.05) is 45.4 Å². The number of anilines is 1. The summed E-state index contributed by atoms with van der Waals surface area (Å²) in [6.45, 7) is 8.08. The van der Waals surface area contributed by atoms with Crippen LogP contribution in [0.5, 0.6) is 0 Å². The van der Waals surface area contributed by atoms with Gasteiger partial charge in [0.15, 0.2) is 17.0 Å². The quantitative estimate of drug-likeness (QED) is 0.668. The van der Waals surface area contributed by atoms with Crippen LogP contribution in [0.2, 0.25) is 0 Å². The standard InChI is InChI=1S/C20H30N6O2/c1-15(2)4-8-25(7-3-6-21)19-18-20(23-13-22-19)26(14-24-18)10-17(11-27)16-5-9-28-12-16/h13-17,27H,3-5,7-12H2,1-2H3. The zero-order chi connectivity index (χ0) is 19.9. The molecule has 2 aromatic heterocycles. The zero-order valence-electron chi connectivity index (χ0n) is 16.8. The summed E-state index contributed by atoms with van der Waals surface area (Å²) < 4.78 is 7.49. The lowest BCUT2D eigenvalue weighted by atomic mass is 9.92. The van der Waals surface area contributed by atoms with E-state index in [9.17, 15) is 5.11 Å². The van der Waals surface area contributed by atoms with Crippen LogP contribution in [0, 0.1) is 29.1 Å². The van der Waals surface area contributed by atoms with Crippen LogP contribution in [-0.4, -0.2) is 57.5 Å². The lowest BCUT2D eigenvalue weighted by Gasteiger charge is -2.24. The monoisotopic (exact) mass is 386 g/mol. The molecule has 1 aliphatic heterocycles. The molecule has 0 bridgehead atoms. The summed E-state index contributed by atoms with van der Waals surface area (Å²) in [4.78, 5) is 15.7. The van der Waals surface area contributed by atoms with E-state index in [1.807, 2.05) is 4.57 Å². The third kappa shape index (κ3) is 4.78. The largest absolute Gasteiger partial charge is 0.396 e. The van der Waals surface area contributed by atoms with Crippen molar-refractivity contribution >= 4 is 17.0 Å².